The van der Waals surface area contributed by atoms with Crippen LogP contribution in [0.25, 0.3) is 0 Å². The van der Waals surface area contributed by atoms with Gasteiger partial charge < -0.3 is 10.0 Å². The van der Waals surface area contributed by atoms with Crippen molar-refractivity contribution in [2.75, 3.05) is 19.6 Å². The summed E-state index contributed by atoms with van der Waals surface area (Å²) in [5, 5.41) is 9.96. The summed E-state index contributed by atoms with van der Waals surface area (Å²) in [6.45, 7) is 11.6. The van der Waals surface area contributed by atoms with Gasteiger partial charge in [-0.15, -0.1) is 0 Å². The molecule has 4 heteroatoms. The molecule has 1 N–H and O–H groups in total. The first-order valence-corrected chi connectivity index (χ1v) is 8.50. The number of aliphatic hydroxyl groups is 1. The number of rotatable bonds is 7. The van der Waals surface area contributed by atoms with Crippen molar-refractivity contribution in [1.29, 1.82) is 0 Å². The largest absolute Gasteiger partial charge is 0.389 e. The number of amides is 1. The highest BCUT2D eigenvalue weighted by molar-refractivity contribution is 5.79. The number of hydrogen-bond donors (Lipinski definition) is 1. The molecule has 0 aliphatic heterocycles. The van der Waals surface area contributed by atoms with Gasteiger partial charge in [-0.25, -0.2) is 0 Å². The molecule has 4 nitrogen and oxygen atoms in total. The van der Waals surface area contributed by atoms with Gasteiger partial charge in [0.25, 0.3) is 0 Å². The van der Waals surface area contributed by atoms with E-state index in [4.69, 9.17) is 0 Å². The third-order valence-corrected chi connectivity index (χ3v) is 4.23. The first-order valence-electron chi connectivity index (χ1n) is 8.50. The number of carbonyl (C=O) groups is 1. The van der Waals surface area contributed by atoms with Gasteiger partial charge >= 0.3 is 0 Å². The van der Waals surface area contributed by atoms with Gasteiger partial charge in [-0.05, 0) is 47.1 Å². The van der Waals surface area contributed by atoms with E-state index in [-0.39, 0.29) is 11.9 Å². The van der Waals surface area contributed by atoms with Crippen molar-refractivity contribution in [2.45, 2.75) is 84.4 Å². The van der Waals surface area contributed by atoms with Crippen LogP contribution in [0.15, 0.2) is 0 Å². The van der Waals surface area contributed by atoms with Crippen molar-refractivity contribution in [3.8, 4) is 0 Å². The molecule has 0 bridgehead atoms. The number of carbonyl (C=O) groups excluding carboxylic acids is 1. The van der Waals surface area contributed by atoms with Crippen molar-refractivity contribution < 1.29 is 9.90 Å². The third-order valence-electron chi connectivity index (χ3n) is 4.23. The second-order valence-electron chi connectivity index (χ2n) is 7.30. The fourth-order valence-corrected chi connectivity index (χ4v) is 3.37. The Morgan fingerprint density at radius 1 is 1.24 bits per heavy atom. The van der Waals surface area contributed by atoms with Crippen LogP contribution in [0.3, 0.4) is 0 Å². The van der Waals surface area contributed by atoms with Crippen LogP contribution in [0, 0.1) is 0 Å². The van der Waals surface area contributed by atoms with Gasteiger partial charge in [0.05, 0.1) is 12.1 Å². The summed E-state index contributed by atoms with van der Waals surface area (Å²) in [5.74, 6) is 0.211. The van der Waals surface area contributed by atoms with Crippen LogP contribution in [-0.4, -0.2) is 58.1 Å². The average molecular weight is 298 g/mol. The highest BCUT2D eigenvalue weighted by Gasteiger charge is 2.29. The first-order chi connectivity index (χ1) is 9.74. The van der Waals surface area contributed by atoms with Gasteiger partial charge in [-0.2, -0.15) is 0 Å². The molecule has 21 heavy (non-hydrogen) atoms. The van der Waals surface area contributed by atoms with Crippen LogP contribution in [0.2, 0.25) is 0 Å². The van der Waals surface area contributed by atoms with Gasteiger partial charge in [-0.1, -0.05) is 26.2 Å². The van der Waals surface area contributed by atoms with E-state index in [1.54, 1.807) is 13.8 Å². The Balaban J connectivity index is 2.67. The fraction of sp³-hybridized carbons (Fsp3) is 0.941. The highest BCUT2D eigenvalue weighted by Crippen LogP contribution is 2.24. The predicted molar refractivity (Wildman–Crippen MR) is 87.3 cm³/mol. The van der Waals surface area contributed by atoms with Crippen molar-refractivity contribution >= 4 is 5.91 Å². The Morgan fingerprint density at radius 3 is 2.24 bits per heavy atom. The lowest BCUT2D eigenvalue weighted by Gasteiger charge is -2.39. The predicted octanol–water partition coefficient (Wildman–Crippen LogP) is 2.65. The summed E-state index contributed by atoms with van der Waals surface area (Å²) < 4.78 is 0. The molecule has 0 saturated heterocycles. The van der Waals surface area contributed by atoms with Crippen LogP contribution in [0.4, 0.5) is 0 Å². The Hall–Kier alpha value is -0.610. The normalized spacial score (nSPS) is 17.5. The standard InChI is InChI=1S/C17H34N2O2/c1-6-18(13-17(4,5)21)12-16(20)19(14(2)3)15-10-8-7-9-11-15/h14-15,21H,6-13H2,1-5H3. The van der Waals surface area contributed by atoms with E-state index in [0.717, 1.165) is 19.4 Å². The van der Waals surface area contributed by atoms with Crippen LogP contribution < -0.4 is 0 Å². The lowest BCUT2D eigenvalue weighted by atomic mass is 9.93. The minimum Gasteiger partial charge on any atom is -0.389 e. The van der Waals surface area contributed by atoms with Gasteiger partial charge in [-0.3, -0.25) is 9.69 Å². The van der Waals surface area contributed by atoms with Crippen LogP contribution in [-0.2, 0) is 4.79 Å². The molecule has 0 heterocycles. The van der Waals surface area contributed by atoms with Gasteiger partial charge in [0.15, 0.2) is 0 Å². The van der Waals surface area contributed by atoms with E-state index >= 15 is 0 Å². The number of nitrogens with zero attached hydrogens (tertiary/aromatic N) is 2. The monoisotopic (exact) mass is 298 g/mol. The van der Waals surface area contributed by atoms with Crippen molar-refractivity contribution in [3.05, 3.63) is 0 Å². The fourth-order valence-electron chi connectivity index (χ4n) is 3.37. The Bertz CT molecular complexity index is 317. The second kappa shape index (κ2) is 8.14. The van der Waals surface area contributed by atoms with Crippen LogP contribution in [0.5, 0.6) is 0 Å². The Labute approximate surface area is 130 Å². The summed E-state index contributed by atoms with van der Waals surface area (Å²) in [6, 6.07) is 0.661. The molecular formula is C17H34N2O2. The topological polar surface area (TPSA) is 43.8 Å². The minimum absolute atomic E-state index is 0.211. The summed E-state index contributed by atoms with van der Waals surface area (Å²) in [6.07, 6.45) is 6.06. The molecule has 0 spiro atoms. The molecule has 1 fully saturated rings. The maximum absolute atomic E-state index is 12.7. The zero-order valence-electron chi connectivity index (χ0n) is 14.6. The van der Waals surface area contributed by atoms with Crippen molar-refractivity contribution in [3.63, 3.8) is 0 Å². The number of likely N-dealkylation sites (N-methyl/N-ethyl adjacent to an activating group) is 1. The Kier molecular flexibility index (Phi) is 7.14. The molecule has 1 amide bonds. The molecule has 0 atom stereocenters. The van der Waals surface area contributed by atoms with Crippen molar-refractivity contribution in [2.24, 2.45) is 0 Å². The SMILES string of the molecule is CCN(CC(=O)N(C(C)C)C1CCCCC1)CC(C)(C)O. The lowest BCUT2D eigenvalue weighted by Crippen LogP contribution is -2.51. The molecule has 1 aliphatic rings. The maximum atomic E-state index is 12.7. The molecule has 124 valence electrons. The van der Waals surface area contributed by atoms with Crippen LogP contribution >= 0.6 is 0 Å². The second-order valence-corrected chi connectivity index (χ2v) is 7.30. The molecule has 0 aromatic carbocycles. The quantitative estimate of drug-likeness (QED) is 0.786. The summed E-state index contributed by atoms with van der Waals surface area (Å²) in [4.78, 5) is 16.9. The van der Waals surface area contributed by atoms with Gasteiger partial charge in [0.2, 0.25) is 5.91 Å². The average Bonchev–Trinajstić information content (AvgIpc) is 2.37. The number of hydrogen-bond acceptors (Lipinski definition) is 3. The van der Waals surface area contributed by atoms with Crippen molar-refractivity contribution in [1.82, 2.24) is 9.80 Å². The molecule has 0 unspecified atom stereocenters. The molecule has 0 aromatic heterocycles. The molecular weight excluding hydrogens is 264 g/mol. The van der Waals surface area contributed by atoms with E-state index in [9.17, 15) is 9.90 Å². The molecule has 1 saturated carbocycles. The lowest BCUT2D eigenvalue weighted by molar-refractivity contribution is -0.138. The van der Waals surface area contributed by atoms with E-state index in [0.29, 0.717) is 19.1 Å². The van der Waals surface area contributed by atoms with E-state index in [1.807, 2.05) is 11.8 Å². The van der Waals surface area contributed by atoms with Gasteiger partial charge in [0.1, 0.15) is 0 Å². The molecule has 0 aromatic rings. The van der Waals surface area contributed by atoms with Crippen LogP contribution in [0.1, 0.15) is 66.7 Å². The van der Waals surface area contributed by atoms with E-state index < -0.39 is 5.60 Å². The Morgan fingerprint density at radius 2 is 1.81 bits per heavy atom. The summed E-state index contributed by atoms with van der Waals surface area (Å²) >= 11 is 0. The maximum Gasteiger partial charge on any atom is 0.237 e. The molecule has 1 rings (SSSR count). The molecule has 1 aliphatic carbocycles. The zero-order valence-corrected chi connectivity index (χ0v) is 14.6. The van der Waals surface area contributed by atoms with Gasteiger partial charge in [0, 0.05) is 18.6 Å². The minimum atomic E-state index is -0.760. The summed E-state index contributed by atoms with van der Waals surface area (Å²) in [5.41, 5.74) is -0.760. The van der Waals surface area contributed by atoms with E-state index in [1.165, 1.54) is 19.3 Å². The third kappa shape index (κ3) is 6.35. The highest BCUT2D eigenvalue weighted by atomic mass is 16.3. The zero-order chi connectivity index (χ0) is 16.0. The van der Waals surface area contributed by atoms with E-state index in [2.05, 4.69) is 18.7 Å². The smallest absolute Gasteiger partial charge is 0.237 e. The first kappa shape index (κ1) is 18.4. The summed E-state index contributed by atoms with van der Waals surface area (Å²) in [7, 11) is 0. The molecule has 0 radical (unpaired) electrons.